The predicted molar refractivity (Wildman–Crippen MR) is 87.6 cm³/mol. The van der Waals surface area contributed by atoms with E-state index in [1.807, 2.05) is 32.0 Å². The van der Waals surface area contributed by atoms with Gasteiger partial charge in [0.25, 0.3) is 0 Å². The zero-order valence-electron chi connectivity index (χ0n) is 13.5. The normalized spacial score (nSPS) is 11.3. The van der Waals surface area contributed by atoms with Crippen molar-refractivity contribution in [2.75, 3.05) is 37.4 Å². The Hall–Kier alpha value is -1.60. The molecule has 0 fully saturated rings. The summed E-state index contributed by atoms with van der Waals surface area (Å²) >= 11 is 0. The van der Waals surface area contributed by atoms with E-state index in [4.69, 9.17) is 4.74 Å². The molecule has 1 aromatic rings. The van der Waals surface area contributed by atoms with Gasteiger partial charge in [-0.3, -0.25) is 9.10 Å². The van der Waals surface area contributed by atoms with Gasteiger partial charge in [0, 0.05) is 13.7 Å². The summed E-state index contributed by atoms with van der Waals surface area (Å²) in [5.41, 5.74) is 2.32. The number of hydrogen-bond acceptors (Lipinski definition) is 4. The number of hydrogen-bond donors (Lipinski definition) is 1. The minimum Gasteiger partial charge on any atom is -0.383 e. The first-order valence-corrected chi connectivity index (χ1v) is 8.98. The number of rotatable bonds is 8. The second-order valence-corrected chi connectivity index (χ2v) is 6.96. The topological polar surface area (TPSA) is 75.7 Å². The molecule has 7 heteroatoms. The van der Waals surface area contributed by atoms with Crippen LogP contribution in [0.2, 0.25) is 0 Å². The molecule has 0 heterocycles. The van der Waals surface area contributed by atoms with Crippen LogP contribution < -0.4 is 9.62 Å². The SMILES string of the molecule is CCc1cccc(C)c1N(CC(=O)NCCOC)S(C)(=O)=O. The largest absolute Gasteiger partial charge is 0.383 e. The molecule has 1 aromatic carbocycles. The molecule has 22 heavy (non-hydrogen) atoms. The lowest BCUT2D eigenvalue weighted by Gasteiger charge is -2.26. The van der Waals surface area contributed by atoms with Crippen LogP contribution in [0.4, 0.5) is 5.69 Å². The molecule has 0 bridgehead atoms. The third kappa shape index (κ3) is 4.99. The number of para-hydroxylation sites is 1. The zero-order valence-corrected chi connectivity index (χ0v) is 14.4. The fourth-order valence-corrected chi connectivity index (χ4v) is 3.15. The van der Waals surface area contributed by atoms with Crippen LogP contribution in [-0.2, 0) is 26.0 Å². The molecule has 0 unspecified atom stereocenters. The first-order chi connectivity index (χ1) is 10.3. The van der Waals surface area contributed by atoms with Crippen molar-refractivity contribution in [3.05, 3.63) is 29.3 Å². The van der Waals surface area contributed by atoms with Gasteiger partial charge < -0.3 is 10.1 Å². The van der Waals surface area contributed by atoms with Crippen molar-refractivity contribution < 1.29 is 17.9 Å². The van der Waals surface area contributed by atoms with Gasteiger partial charge in [0.05, 0.1) is 18.6 Å². The number of ether oxygens (including phenoxy) is 1. The Labute approximate surface area is 132 Å². The summed E-state index contributed by atoms with van der Waals surface area (Å²) in [7, 11) is -2.02. The molecule has 0 saturated carbocycles. The van der Waals surface area contributed by atoms with Crippen LogP contribution in [0.1, 0.15) is 18.1 Å². The molecule has 0 aromatic heterocycles. The number of sulfonamides is 1. The summed E-state index contributed by atoms with van der Waals surface area (Å²) in [6.07, 6.45) is 1.80. The fourth-order valence-electron chi connectivity index (χ4n) is 2.20. The molecular formula is C15H24N2O4S. The van der Waals surface area contributed by atoms with E-state index in [-0.39, 0.29) is 12.5 Å². The third-order valence-corrected chi connectivity index (χ3v) is 4.38. The number of benzene rings is 1. The number of amides is 1. The van der Waals surface area contributed by atoms with Gasteiger partial charge in [-0.05, 0) is 24.5 Å². The Morgan fingerprint density at radius 1 is 1.36 bits per heavy atom. The molecule has 0 spiro atoms. The van der Waals surface area contributed by atoms with Crippen molar-refractivity contribution in [3.8, 4) is 0 Å². The number of carbonyl (C=O) groups excluding carboxylic acids is 1. The van der Waals surface area contributed by atoms with Gasteiger partial charge in [-0.1, -0.05) is 25.1 Å². The fraction of sp³-hybridized carbons (Fsp3) is 0.533. The van der Waals surface area contributed by atoms with Gasteiger partial charge in [-0.15, -0.1) is 0 Å². The second kappa shape index (κ2) is 8.14. The number of anilines is 1. The molecule has 0 aliphatic rings. The first-order valence-electron chi connectivity index (χ1n) is 7.13. The lowest BCUT2D eigenvalue weighted by atomic mass is 10.1. The van der Waals surface area contributed by atoms with Crippen LogP contribution in [0.5, 0.6) is 0 Å². The highest BCUT2D eigenvalue weighted by Gasteiger charge is 2.24. The minimum absolute atomic E-state index is 0.236. The molecule has 6 nitrogen and oxygen atoms in total. The summed E-state index contributed by atoms with van der Waals surface area (Å²) in [6.45, 7) is 4.30. The van der Waals surface area contributed by atoms with Crippen molar-refractivity contribution in [2.45, 2.75) is 20.3 Å². The third-order valence-electron chi connectivity index (χ3n) is 3.27. The van der Waals surface area contributed by atoms with Gasteiger partial charge in [-0.2, -0.15) is 0 Å². The number of aryl methyl sites for hydroxylation is 2. The summed E-state index contributed by atoms with van der Waals surface area (Å²) in [5, 5.41) is 2.64. The first kappa shape index (κ1) is 18.4. The van der Waals surface area contributed by atoms with Gasteiger partial charge >= 0.3 is 0 Å². The minimum atomic E-state index is -3.56. The molecule has 1 rings (SSSR count). The highest BCUT2D eigenvalue weighted by Crippen LogP contribution is 2.27. The highest BCUT2D eigenvalue weighted by atomic mass is 32.2. The Kier molecular flexibility index (Phi) is 6.83. The standard InChI is InChI=1S/C15H24N2O4S/c1-5-13-8-6-7-12(2)15(13)17(22(4,19)20)11-14(18)16-9-10-21-3/h6-8H,5,9-11H2,1-4H3,(H,16,18). The van der Waals surface area contributed by atoms with Crippen LogP contribution in [0.3, 0.4) is 0 Å². The molecule has 0 aliphatic heterocycles. The summed E-state index contributed by atoms with van der Waals surface area (Å²) in [5.74, 6) is -0.354. The Morgan fingerprint density at radius 3 is 2.59 bits per heavy atom. The highest BCUT2D eigenvalue weighted by molar-refractivity contribution is 7.92. The smallest absolute Gasteiger partial charge is 0.240 e. The van der Waals surface area contributed by atoms with Crippen molar-refractivity contribution in [1.82, 2.24) is 5.32 Å². The molecular weight excluding hydrogens is 304 g/mol. The van der Waals surface area contributed by atoms with E-state index in [0.29, 0.717) is 25.3 Å². The summed E-state index contributed by atoms with van der Waals surface area (Å²) in [6, 6.07) is 5.61. The molecule has 124 valence electrons. The van der Waals surface area contributed by atoms with Gasteiger partial charge in [0.1, 0.15) is 6.54 Å². The van der Waals surface area contributed by atoms with E-state index < -0.39 is 10.0 Å². The van der Waals surface area contributed by atoms with Crippen LogP contribution in [0.15, 0.2) is 18.2 Å². The molecule has 1 amide bonds. The van der Waals surface area contributed by atoms with Crippen LogP contribution >= 0.6 is 0 Å². The average Bonchev–Trinajstić information content (AvgIpc) is 2.44. The maximum Gasteiger partial charge on any atom is 0.240 e. The Bertz CT molecular complexity index is 614. The van der Waals surface area contributed by atoms with Gasteiger partial charge in [-0.25, -0.2) is 8.42 Å². The van der Waals surface area contributed by atoms with Crippen molar-refractivity contribution in [2.24, 2.45) is 0 Å². The summed E-state index contributed by atoms with van der Waals surface area (Å²) < 4.78 is 30.3. The van der Waals surface area contributed by atoms with Crippen LogP contribution in [0.25, 0.3) is 0 Å². The predicted octanol–water partition coefficient (Wildman–Crippen LogP) is 1.09. The van der Waals surface area contributed by atoms with Gasteiger partial charge in [0.15, 0.2) is 0 Å². The van der Waals surface area contributed by atoms with Crippen molar-refractivity contribution >= 4 is 21.6 Å². The van der Waals surface area contributed by atoms with E-state index >= 15 is 0 Å². The van der Waals surface area contributed by atoms with Crippen LogP contribution in [0, 0.1) is 6.92 Å². The number of nitrogens with zero attached hydrogens (tertiary/aromatic N) is 1. The molecule has 0 saturated heterocycles. The zero-order chi connectivity index (χ0) is 16.8. The Morgan fingerprint density at radius 2 is 2.05 bits per heavy atom. The van der Waals surface area contributed by atoms with E-state index in [1.165, 1.54) is 11.4 Å². The lowest BCUT2D eigenvalue weighted by molar-refractivity contribution is -0.119. The molecule has 0 atom stereocenters. The number of carbonyl (C=O) groups is 1. The van der Waals surface area contributed by atoms with Crippen molar-refractivity contribution in [1.29, 1.82) is 0 Å². The van der Waals surface area contributed by atoms with E-state index in [9.17, 15) is 13.2 Å². The van der Waals surface area contributed by atoms with E-state index in [1.54, 1.807) is 0 Å². The van der Waals surface area contributed by atoms with E-state index in [2.05, 4.69) is 5.32 Å². The number of methoxy groups -OCH3 is 1. The molecule has 0 aliphatic carbocycles. The average molecular weight is 328 g/mol. The second-order valence-electron chi connectivity index (χ2n) is 5.05. The van der Waals surface area contributed by atoms with Gasteiger partial charge in [0.2, 0.25) is 15.9 Å². The Balaban J connectivity index is 3.08. The molecule has 1 N–H and O–H groups in total. The van der Waals surface area contributed by atoms with Crippen molar-refractivity contribution in [3.63, 3.8) is 0 Å². The van der Waals surface area contributed by atoms with E-state index in [0.717, 1.165) is 17.4 Å². The number of nitrogens with one attached hydrogen (secondary N) is 1. The maximum atomic E-state index is 12.1. The lowest BCUT2D eigenvalue weighted by Crippen LogP contribution is -2.42. The quantitative estimate of drug-likeness (QED) is 0.725. The maximum absolute atomic E-state index is 12.1. The van der Waals surface area contributed by atoms with Crippen LogP contribution in [-0.4, -0.2) is 47.4 Å². The summed E-state index contributed by atoms with van der Waals surface area (Å²) in [4.78, 5) is 12.0. The molecule has 0 radical (unpaired) electrons. The monoisotopic (exact) mass is 328 g/mol.